The van der Waals surface area contributed by atoms with Gasteiger partial charge in [0.25, 0.3) is 0 Å². The summed E-state index contributed by atoms with van der Waals surface area (Å²) in [6.45, 7) is 5.47. The molecule has 7 nitrogen and oxygen atoms in total. The molecule has 0 bridgehead atoms. The number of unbranched alkanes of at least 4 members (excludes halogenated alkanes) is 2. The minimum atomic E-state index is -0.861. The topological polar surface area (TPSA) is 87.2 Å². The van der Waals surface area contributed by atoms with E-state index in [4.69, 9.17) is 4.74 Å². The van der Waals surface area contributed by atoms with Crippen LogP contribution in [-0.4, -0.2) is 81.1 Å². The van der Waals surface area contributed by atoms with E-state index in [0.29, 0.717) is 19.7 Å². The lowest BCUT2D eigenvalue weighted by Crippen LogP contribution is -2.54. The van der Waals surface area contributed by atoms with Gasteiger partial charge in [0.1, 0.15) is 6.04 Å². The Hall–Kier alpha value is -1.80. The minimum Gasteiger partial charge on any atom is -0.465 e. The van der Waals surface area contributed by atoms with Gasteiger partial charge in [-0.15, -0.1) is 11.8 Å². The van der Waals surface area contributed by atoms with Crippen molar-refractivity contribution in [2.24, 2.45) is 11.8 Å². The SMILES string of the molecule is CCCCCN1CC=C[C@]23S[C@]4(C)/C=C\CCCCOC(=O)[C@@H]4[C@H]2C(=O)N(CCO)C3C1=O. The predicted molar refractivity (Wildman–Crippen MR) is 127 cm³/mol. The van der Waals surface area contributed by atoms with E-state index >= 15 is 0 Å². The number of amides is 2. The Morgan fingerprint density at radius 1 is 1.09 bits per heavy atom. The normalized spacial score (nSPS) is 37.3. The third-order valence-electron chi connectivity index (χ3n) is 7.46. The number of cyclic esters (lactones) is 1. The van der Waals surface area contributed by atoms with Gasteiger partial charge in [0.05, 0.1) is 29.8 Å². The van der Waals surface area contributed by atoms with Gasteiger partial charge in [-0.05, 0) is 32.6 Å². The first kappa shape index (κ1) is 24.3. The number of likely N-dealkylation sites (tertiary alicyclic amines) is 1. The van der Waals surface area contributed by atoms with Crippen LogP contribution in [0.15, 0.2) is 24.3 Å². The second-order valence-electron chi connectivity index (χ2n) is 9.71. The van der Waals surface area contributed by atoms with Gasteiger partial charge in [0, 0.05) is 24.4 Å². The van der Waals surface area contributed by atoms with E-state index < -0.39 is 27.4 Å². The Balaban J connectivity index is 1.78. The van der Waals surface area contributed by atoms with E-state index in [0.717, 1.165) is 38.5 Å². The quantitative estimate of drug-likeness (QED) is 0.360. The summed E-state index contributed by atoms with van der Waals surface area (Å²) in [5, 5.41) is 9.73. The molecule has 5 atom stereocenters. The van der Waals surface area contributed by atoms with Gasteiger partial charge in [-0.2, -0.15) is 0 Å². The second kappa shape index (κ2) is 9.82. The fraction of sp³-hybridized carbons (Fsp3) is 0.720. The summed E-state index contributed by atoms with van der Waals surface area (Å²) in [6, 6.07) is -0.733. The van der Waals surface area contributed by atoms with Crippen molar-refractivity contribution in [2.45, 2.75) is 67.9 Å². The number of rotatable bonds is 6. The number of allylic oxidation sites excluding steroid dienone is 1. The van der Waals surface area contributed by atoms with E-state index in [1.807, 2.05) is 24.0 Å². The number of fused-ring (bicyclic) bond motifs is 2. The summed E-state index contributed by atoms with van der Waals surface area (Å²) in [5.41, 5.74) is 0. The molecule has 1 spiro atoms. The van der Waals surface area contributed by atoms with Crippen LogP contribution >= 0.6 is 11.8 Å². The molecule has 4 heterocycles. The van der Waals surface area contributed by atoms with Gasteiger partial charge in [-0.1, -0.05) is 44.1 Å². The van der Waals surface area contributed by atoms with Gasteiger partial charge < -0.3 is 19.6 Å². The lowest BCUT2D eigenvalue weighted by molar-refractivity contribution is -0.154. The maximum Gasteiger partial charge on any atom is 0.311 e. The fourth-order valence-corrected chi connectivity index (χ4v) is 8.10. The van der Waals surface area contributed by atoms with Crippen LogP contribution in [0, 0.1) is 11.8 Å². The molecule has 2 amide bonds. The monoisotopic (exact) mass is 476 g/mol. The van der Waals surface area contributed by atoms with E-state index in [1.54, 1.807) is 11.8 Å². The largest absolute Gasteiger partial charge is 0.465 e. The zero-order valence-corrected chi connectivity index (χ0v) is 20.5. The molecule has 0 aromatic carbocycles. The van der Waals surface area contributed by atoms with Crippen LogP contribution < -0.4 is 0 Å². The van der Waals surface area contributed by atoms with E-state index in [2.05, 4.69) is 19.1 Å². The average molecular weight is 477 g/mol. The first-order chi connectivity index (χ1) is 15.9. The Bertz CT molecular complexity index is 845. The Morgan fingerprint density at radius 2 is 1.91 bits per heavy atom. The zero-order valence-electron chi connectivity index (χ0n) is 19.7. The number of β-amino-alcohol motifs (C(OH)–C–C–N with tert-alkyl or cyclic N) is 1. The number of nitrogens with zero attached hydrogens (tertiary/aromatic N) is 2. The van der Waals surface area contributed by atoms with Gasteiger partial charge >= 0.3 is 5.97 Å². The van der Waals surface area contributed by atoms with Crippen molar-refractivity contribution in [3.8, 4) is 0 Å². The number of hydrogen-bond donors (Lipinski definition) is 1. The zero-order chi connectivity index (χ0) is 23.6. The first-order valence-electron chi connectivity index (χ1n) is 12.3. The highest BCUT2D eigenvalue weighted by atomic mass is 32.2. The maximum absolute atomic E-state index is 13.9. The van der Waals surface area contributed by atoms with Crippen LogP contribution in [0.4, 0.5) is 0 Å². The molecule has 0 aromatic rings. The predicted octanol–water partition coefficient (Wildman–Crippen LogP) is 2.54. The molecule has 0 aliphatic carbocycles. The van der Waals surface area contributed by atoms with Gasteiger partial charge in [-0.3, -0.25) is 14.4 Å². The highest BCUT2D eigenvalue weighted by Gasteiger charge is 2.73. The number of aliphatic hydroxyl groups excluding tert-OH is 1. The minimum absolute atomic E-state index is 0.0824. The second-order valence-corrected chi connectivity index (χ2v) is 11.5. The lowest BCUT2D eigenvalue weighted by atomic mass is 9.74. The number of aliphatic hydroxyl groups is 1. The molecular formula is C25H36N2O5S. The summed E-state index contributed by atoms with van der Waals surface area (Å²) >= 11 is 1.56. The van der Waals surface area contributed by atoms with Crippen molar-refractivity contribution in [1.29, 1.82) is 0 Å². The van der Waals surface area contributed by atoms with Crippen LogP contribution in [0.1, 0.15) is 52.4 Å². The first-order valence-corrected chi connectivity index (χ1v) is 13.1. The van der Waals surface area contributed by atoms with Crippen molar-refractivity contribution < 1.29 is 24.2 Å². The number of thioether (sulfide) groups is 1. The van der Waals surface area contributed by atoms with Crippen molar-refractivity contribution >= 4 is 29.5 Å². The summed E-state index contributed by atoms with van der Waals surface area (Å²) < 4.78 is 4.13. The Kier molecular flexibility index (Phi) is 7.24. The Labute approximate surface area is 200 Å². The molecule has 2 saturated heterocycles. The number of carbonyl (C=O) groups is 3. The molecule has 0 radical (unpaired) electrons. The van der Waals surface area contributed by atoms with Crippen LogP contribution in [-0.2, 0) is 19.1 Å². The molecule has 1 N–H and O–H groups in total. The third-order valence-corrected chi connectivity index (χ3v) is 9.25. The van der Waals surface area contributed by atoms with Gasteiger partial charge in [0.2, 0.25) is 11.8 Å². The molecule has 0 aromatic heterocycles. The average Bonchev–Trinajstić information content (AvgIpc) is 3.10. The van der Waals surface area contributed by atoms with Crippen LogP contribution in [0.3, 0.4) is 0 Å². The molecule has 4 rings (SSSR count). The Morgan fingerprint density at radius 3 is 2.67 bits per heavy atom. The molecule has 1 unspecified atom stereocenters. The van der Waals surface area contributed by atoms with Crippen molar-refractivity contribution in [3.63, 3.8) is 0 Å². The van der Waals surface area contributed by atoms with Crippen molar-refractivity contribution in [2.75, 3.05) is 32.8 Å². The molecule has 8 heteroatoms. The number of carbonyl (C=O) groups excluding carboxylic acids is 3. The molecule has 33 heavy (non-hydrogen) atoms. The van der Waals surface area contributed by atoms with E-state index in [1.165, 1.54) is 4.90 Å². The van der Waals surface area contributed by atoms with E-state index in [9.17, 15) is 19.5 Å². The lowest BCUT2D eigenvalue weighted by Gasteiger charge is -2.36. The third kappa shape index (κ3) is 4.14. The van der Waals surface area contributed by atoms with Crippen LogP contribution in [0.5, 0.6) is 0 Å². The van der Waals surface area contributed by atoms with Gasteiger partial charge in [-0.25, -0.2) is 0 Å². The summed E-state index contributed by atoms with van der Waals surface area (Å²) in [7, 11) is 0. The summed E-state index contributed by atoms with van der Waals surface area (Å²) in [4.78, 5) is 44.4. The van der Waals surface area contributed by atoms with Gasteiger partial charge in [0.15, 0.2) is 0 Å². The van der Waals surface area contributed by atoms with Crippen molar-refractivity contribution in [3.05, 3.63) is 24.3 Å². The molecule has 2 fully saturated rings. The highest BCUT2D eigenvalue weighted by molar-refractivity contribution is 8.02. The number of hydrogen-bond acceptors (Lipinski definition) is 6. The number of ether oxygens (including phenoxy) is 1. The molecular weight excluding hydrogens is 440 g/mol. The van der Waals surface area contributed by atoms with Crippen molar-refractivity contribution in [1.82, 2.24) is 9.80 Å². The number of esters is 1. The molecule has 0 saturated carbocycles. The highest BCUT2D eigenvalue weighted by Crippen LogP contribution is 2.65. The maximum atomic E-state index is 13.9. The fourth-order valence-electron chi connectivity index (χ4n) is 5.95. The summed E-state index contributed by atoms with van der Waals surface area (Å²) in [6.07, 6.45) is 13.8. The molecule has 4 aliphatic rings. The molecule has 4 aliphatic heterocycles. The standard InChI is InChI=1S/C25H36N2O5S/c1-3-4-8-13-26-14-10-12-25-18(21(29)27(15-16-28)20(25)22(26)30)19-23(31)32-17-9-6-5-7-11-24(19,2)33-25/h7,10-12,18-20,28H,3-6,8-9,13-17H2,1-2H3/b11-7-/t18-,19-,20?,24+,25-/m0/s1. The van der Waals surface area contributed by atoms with Crippen LogP contribution in [0.2, 0.25) is 0 Å². The smallest absolute Gasteiger partial charge is 0.311 e. The van der Waals surface area contributed by atoms with Crippen LogP contribution in [0.25, 0.3) is 0 Å². The molecule has 182 valence electrons. The van der Waals surface area contributed by atoms with E-state index in [-0.39, 0.29) is 30.9 Å². The summed E-state index contributed by atoms with van der Waals surface area (Å²) in [5.74, 6) is -2.05.